The largest absolute Gasteiger partial charge is 0.497 e. The van der Waals surface area contributed by atoms with E-state index < -0.39 is 29.5 Å². The maximum absolute atomic E-state index is 12.4. The summed E-state index contributed by atoms with van der Waals surface area (Å²) >= 11 is 6.99. The lowest BCUT2D eigenvalue weighted by Crippen LogP contribution is -2.70. The highest BCUT2D eigenvalue weighted by atomic mass is 35.5. The van der Waals surface area contributed by atoms with E-state index in [-0.39, 0.29) is 11.7 Å². The summed E-state index contributed by atoms with van der Waals surface area (Å²) in [4.78, 5) is 36.9. The topological polar surface area (TPSA) is 135 Å². The van der Waals surface area contributed by atoms with Gasteiger partial charge in [-0.15, -0.1) is 11.8 Å². The van der Waals surface area contributed by atoms with Crippen molar-refractivity contribution < 1.29 is 19.1 Å². The number of benzene rings is 2. The van der Waals surface area contributed by atoms with Crippen LogP contribution < -0.4 is 31.7 Å². The van der Waals surface area contributed by atoms with Crippen molar-refractivity contribution in [2.45, 2.75) is 17.7 Å². The molecular weight excluding hydrogens is 442 g/mol. The van der Waals surface area contributed by atoms with Crippen molar-refractivity contribution in [1.82, 2.24) is 16.0 Å². The average Bonchev–Trinajstić information content (AvgIpc) is 2.75. The van der Waals surface area contributed by atoms with Gasteiger partial charge in [0.05, 0.1) is 19.0 Å². The van der Waals surface area contributed by atoms with Gasteiger partial charge in [-0.25, -0.2) is 0 Å². The van der Waals surface area contributed by atoms with Crippen molar-refractivity contribution in [3.63, 3.8) is 0 Å². The van der Waals surface area contributed by atoms with Gasteiger partial charge in [-0.05, 0) is 48.5 Å². The molecule has 0 saturated carbocycles. The SMILES string of the molecule is COc1ccc(NC(=O)CSC2NC(=O)C(NC(=O)c3ccc(Cl)cc3)C(N)N2)cc1. The van der Waals surface area contributed by atoms with Gasteiger partial charge in [-0.2, -0.15) is 0 Å². The third-order valence-corrected chi connectivity index (χ3v) is 5.67. The lowest BCUT2D eigenvalue weighted by Gasteiger charge is -2.35. The number of hydrogen-bond donors (Lipinski definition) is 5. The molecular formula is C20H22ClN5O4S. The van der Waals surface area contributed by atoms with Crippen LogP contribution in [0.15, 0.2) is 48.5 Å². The van der Waals surface area contributed by atoms with Crippen LogP contribution in [-0.4, -0.2) is 48.3 Å². The number of anilines is 1. The number of nitrogens with one attached hydrogen (secondary N) is 4. The molecule has 0 bridgehead atoms. The molecule has 1 aliphatic rings. The first-order valence-electron chi connectivity index (χ1n) is 9.29. The Morgan fingerprint density at radius 1 is 1.16 bits per heavy atom. The predicted molar refractivity (Wildman–Crippen MR) is 120 cm³/mol. The molecule has 3 unspecified atom stereocenters. The highest BCUT2D eigenvalue weighted by molar-refractivity contribution is 8.00. The lowest BCUT2D eigenvalue weighted by atomic mass is 10.1. The molecule has 164 valence electrons. The van der Waals surface area contributed by atoms with Crippen LogP contribution in [0.5, 0.6) is 5.75 Å². The molecule has 1 aliphatic heterocycles. The van der Waals surface area contributed by atoms with Crippen LogP contribution in [0.2, 0.25) is 5.02 Å². The van der Waals surface area contributed by atoms with E-state index in [1.165, 1.54) is 11.8 Å². The van der Waals surface area contributed by atoms with Gasteiger partial charge in [0, 0.05) is 16.3 Å². The standard InChI is InChI=1S/C20H22ClN5O4S/c1-30-14-8-6-13(7-9-14)23-15(27)10-31-20-25-17(22)16(19(29)26-20)24-18(28)11-2-4-12(21)5-3-11/h2-9,16-17,20,25H,10,22H2,1H3,(H,23,27)(H,24,28)(H,26,29). The molecule has 0 aromatic heterocycles. The second-order valence-electron chi connectivity index (χ2n) is 6.63. The summed E-state index contributed by atoms with van der Waals surface area (Å²) in [5.74, 6) is -0.356. The zero-order chi connectivity index (χ0) is 22.4. The van der Waals surface area contributed by atoms with Crippen LogP contribution in [0.25, 0.3) is 0 Å². The van der Waals surface area contributed by atoms with Crippen LogP contribution in [0, 0.1) is 0 Å². The van der Waals surface area contributed by atoms with Gasteiger partial charge >= 0.3 is 0 Å². The number of halogens is 1. The van der Waals surface area contributed by atoms with Crippen LogP contribution in [-0.2, 0) is 9.59 Å². The van der Waals surface area contributed by atoms with Gasteiger partial charge in [0.2, 0.25) is 11.8 Å². The predicted octanol–water partition coefficient (Wildman–Crippen LogP) is 1.11. The number of rotatable bonds is 7. The quantitative estimate of drug-likeness (QED) is 0.415. The maximum atomic E-state index is 12.4. The summed E-state index contributed by atoms with van der Waals surface area (Å²) < 4.78 is 5.07. The Labute approximate surface area is 188 Å². The van der Waals surface area contributed by atoms with Crippen LogP contribution >= 0.6 is 23.4 Å². The second-order valence-corrected chi connectivity index (χ2v) is 8.16. The maximum Gasteiger partial charge on any atom is 0.252 e. The number of methoxy groups -OCH3 is 1. The highest BCUT2D eigenvalue weighted by Gasteiger charge is 2.35. The normalized spacial score (nSPS) is 20.5. The van der Waals surface area contributed by atoms with Crippen molar-refractivity contribution in [2.24, 2.45) is 5.73 Å². The third kappa shape index (κ3) is 6.34. The minimum Gasteiger partial charge on any atom is -0.497 e. The smallest absolute Gasteiger partial charge is 0.252 e. The summed E-state index contributed by atoms with van der Waals surface area (Å²) in [5, 5.41) is 11.5. The van der Waals surface area contributed by atoms with Gasteiger partial charge < -0.3 is 26.4 Å². The Morgan fingerprint density at radius 3 is 2.45 bits per heavy atom. The molecule has 2 aromatic carbocycles. The monoisotopic (exact) mass is 463 g/mol. The van der Waals surface area contributed by atoms with Gasteiger partial charge in [0.15, 0.2) is 0 Å². The first-order valence-corrected chi connectivity index (χ1v) is 10.7. The lowest BCUT2D eigenvalue weighted by molar-refractivity contribution is -0.125. The average molecular weight is 464 g/mol. The Bertz CT molecular complexity index is 942. The Kier molecular flexibility index (Phi) is 7.75. The van der Waals surface area contributed by atoms with Crippen molar-refractivity contribution in [2.75, 3.05) is 18.2 Å². The van der Waals surface area contributed by atoms with E-state index in [4.69, 9.17) is 22.1 Å². The van der Waals surface area contributed by atoms with Gasteiger partial charge in [-0.1, -0.05) is 11.6 Å². The molecule has 9 nitrogen and oxygen atoms in total. The molecule has 0 spiro atoms. The molecule has 11 heteroatoms. The van der Waals surface area contributed by atoms with Crippen LogP contribution in [0.4, 0.5) is 5.69 Å². The highest BCUT2D eigenvalue weighted by Crippen LogP contribution is 2.17. The minimum atomic E-state index is -0.965. The summed E-state index contributed by atoms with van der Waals surface area (Å²) in [6.45, 7) is 0. The summed E-state index contributed by atoms with van der Waals surface area (Å²) in [7, 11) is 1.56. The van der Waals surface area contributed by atoms with Crippen molar-refractivity contribution in [1.29, 1.82) is 0 Å². The molecule has 31 heavy (non-hydrogen) atoms. The third-order valence-electron chi connectivity index (χ3n) is 4.41. The Hall–Kier alpha value is -2.79. The molecule has 1 fully saturated rings. The van der Waals surface area contributed by atoms with E-state index in [9.17, 15) is 14.4 Å². The zero-order valence-corrected chi connectivity index (χ0v) is 18.1. The number of carbonyl (C=O) groups is 3. The molecule has 3 rings (SSSR count). The summed E-state index contributed by atoms with van der Waals surface area (Å²) in [5.41, 5.74) is 6.45. The van der Waals surface area contributed by atoms with Crippen molar-refractivity contribution >= 4 is 46.8 Å². The molecule has 6 N–H and O–H groups in total. The van der Waals surface area contributed by atoms with E-state index >= 15 is 0 Å². The van der Waals surface area contributed by atoms with Crippen LogP contribution in [0.3, 0.4) is 0 Å². The summed E-state index contributed by atoms with van der Waals surface area (Å²) in [6.07, 6.45) is -0.827. The molecule has 1 saturated heterocycles. The first-order chi connectivity index (χ1) is 14.9. The van der Waals surface area contributed by atoms with E-state index in [2.05, 4.69) is 21.3 Å². The minimum absolute atomic E-state index is 0.0818. The van der Waals surface area contributed by atoms with Gasteiger partial charge in [0.25, 0.3) is 5.91 Å². The number of thioether (sulfide) groups is 1. The Morgan fingerprint density at radius 2 is 1.84 bits per heavy atom. The fourth-order valence-corrected chi connectivity index (χ4v) is 3.77. The van der Waals surface area contributed by atoms with E-state index in [0.29, 0.717) is 22.0 Å². The zero-order valence-electron chi connectivity index (χ0n) is 16.6. The van der Waals surface area contributed by atoms with Crippen molar-refractivity contribution in [3.05, 3.63) is 59.1 Å². The number of amides is 3. The van der Waals surface area contributed by atoms with E-state index in [1.54, 1.807) is 55.6 Å². The van der Waals surface area contributed by atoms with Gasteiger partial charge in [0.1, 0.15) is 17.3 Å². The van der Waals surface area contributed by atoms with E-state index in [1.807, 2.05) is 0 Å². The number of hydrogen-bond acceptors (Lipinski definition) is 7. The number of nitrogens with two attached hydrogens (primary N) is 1. The number of carbonyl (C=O) groups excluding carboxylic acids is 3. The van der Waals surface area contributed by atoms with Crippen LogP contribution in [0.1, 0.15) is 10.4 Å². The fraction of sp³-hybridized carbons (Fsp3) is 0.250. The Balaban J connectivity index is 1.47. The fourth-order valence-electron chi connectivity index (χ4n) is 2.80. The second kappa shape index (κ2) is 10.5. The first kappa shape index (κ1) is 22.9. The molecule has 1 heterocycles. The molecule has 3 amide bonds. The van der Waals surface area contributed by atoms with Crippen molar-refractivity contribution in [3.8, 4) is 5.75 Å². The molecule has 0 radical (unpaired) electrons. The number of ether oxygens (including phenoxy) is 1. The van der Waals surface area contributed by atoms with E-state index in [0.717, 1.165) is 0 Å². The summed E-state index contributed by atoms with van der Waals surface area (Å²) in [6, 6.07) is 12.2. The molecule has 2 aromatic rings. The molecule has 0 aliphatic carbocycles. The molecule has 3 atom stereocenters. The van der Waals surface area contributed by atoms with Gasteiger partial charge in [-0.3, -0.25) is 19.7 Å².